The van der Waals surface area contributed by atoms with Crippen LogP contribution in [0.5, 0.6) is 0 Å². The van der Waals surface area contributed by atoms with Crippen molar-refractivity contribution in [3.63, 3.8) is 0 Å². The van der Waals surface area contributed by atoms with Gasteiger partial charge in [-0.25, -0.2) is 9.78 Å². The number of pyridine rings is 1. The van der Waals surface area contributed by atoms with Crippen LogP contribution in [-0.4, -0.2) is 22.0 Å². The number of carboxylic acids is 1. The van der Waals surface area contributed by atoms with Crippen LogP contribution in [0.2, 0.25) is 0 Å². The molecular weight excluding hydrogens is 318 g/mol. The van der Waals surface area contributed by atoms with Gasteiger partial charge in [0, 0.05) is 17.4 Å². The summed E-state index contributed by atoms with van der Waals surface area (Å²) < 4.78 is 0. The molecule has 0 saturated carbocycles. The van der Waals surface area contributed by atoms with Crippen LogP contribution >= 0.6 is 0 Å². The average molecular weight is 333 g/mol. The summed E-state index contributed by atoms with van der Waals surface area (Å²) in [6, 6.07) is 7.92. The Labute approximate surface area is 143 Å². The van der Waals surface area contributed by atoms with Gasteiger partial charge in [-0.3, -0.25) is 4.79 Å². The van der Waals surface area contributed by atoms with E-state index in [9.17, 15) is 14.7 Å². The van der Waals surface area contributed by atoms with Gasteiger partial charge in [0.2, 0.25) is 5.91 Å². The molecular formula is C19H15N3O3. The fourth-order valence-corrected chi connectivity index (χ4v) is 4.21. The number of carboxylic acid groups (broad SMARTS) is 1. The van der Waals surface area contributed by atoms with E-state index in [1.807, 2.05) is 18.2 Å². The molecule has 1 amide bonds. The van der Waals surface area contributed by atoms with Crippen LogP contribution in [0.4, 0.5) is 11.5 Å². The van der Waals surface area contributed by atoms with Crippen LogP contribution in [-0.2, 0) is 34.3 Å². The van der Waals surface area contributed by atoms with Crippen LogP contribution in [0.1, 0.15) is 22.3 Å². The summed E-state index contributed by atoms with van der Waals surface area (Å²) in [5.74, 6) is -0.316. The highest BCUT2D eigenvalue weighted by Crippen LogP contribution is 2.47. The number of allylic oxidation sites excluding steroid dienone is 1. The summed E-state index contributed by atoms with van der Waals surface area (Å²) >= 11 is 0. The molecule has 0 saturated heterocycles. The van der Waals surface area contributed by atoms with Gasteiger partial charge in [-0.2, -0.15) is 0 Å². The Kier molecular flexibility index (Phi) is 2.67. The summed E-state index contributed by atoms with van der Waals surface area (Å²) in [5, 5.41) is 15.1. The first kappa shape index (κ1) is 14.2. The summed E-state index contributed by atoms with van der Waals surface area (Å²) in [6.45, 7) is 0. The molecule has 3 N–H and O–H groups in total. The quantitative estimate of drug-likeness (QED) is 0.742. The first-order valence-corrected chi connectivity index (χ1v) is 8.19. The molecule has 1 aliphatic carbocycles. The Morgan fingerprint density at radius 1 is 1.16 bits per heavy atom. The minimum Gasteiger partial charge on any atom is -0.477 e. The molecule has 3 heterocycles. The van der Waals surface area contributed by atoms with Gasteiger partial charge in [0.15, 0.2) is 0 Å². The molecule has 2 aromatic rings. The molecule has 1 aromatic heterocycles. The molecule has 1 spiro atoms. The number of benzene rings is 1. The maximum absolute atomic E-state index is 12.7. The third kappa shape index (κ3) is 1.88. The number of rotatable bonds is 1. The van der Waals surface area contributed by atoms with Crippen molar-refractivity contribution in [3.8, 4) is 0 Å². The minimum atomic E-state index is -0.960. The molecule has 5 rings (SSSR count). The van der Waals surface area contributed by atoms with E-state index in [4.69, 9.17) is 0 Å². The van der Waals surface area contributed by atoms with Crippen LogP contribution in [0.25, 0.3) is 0 Å². The van der Waals surface area contributed by atoms with Gasteiger partial charge in [0.1, 0.15) is 11.5 Å². The van der Waals surface area contributed by atoms with E-state index >= 15 is 0 Å². The fraction of sp³-hybridized carbons (Fsp3) is 0.211. The van der Waals surface area contributed by atoms with Crippen molar-refractivity contribution >= 4 is 23.4 Å². The Morgan fingerprint density at radius 2 is 1.96 bits per heavy atom. The summed E-state index contributed by atoms with van der Waals surface area (Å²) in [7, 11) is 0. The van der Waals surface area contributed by atoms with Crippen molar-refractivity contribution in [2.45, 2.75) is 24.7 Å². The highest BCUT2D eigenvalue weighted by molar-refractivity contribution is 6.06. The molecule has 6 nitrogen and oxygen atoms in total. The van der Waals surface area contributed by atoms with Crippen LogP contribution in [0.15, 0.2) is 42.2 Å². The number of aromatic nitrogens is 1. The van der Waals surface area contributed by atoms with Gasteiger partial charge in [-0.15, -0.1) is 0 Å². The molecule has 3 aliphatic rings. The lowest BCUT2D eigenvalue weighted by molar-refractivity contribution is -0.132. The van der Waals surface area contributed by atoms with Crippen molar-refractivity contribution in [3.05, 3.63) is 64.5 Å². The van der Waals surface area contributed by atoms with Crippen molar-refractivity contribution in [2.75, 3.05) is 10.6 Å². The molecule has 6 heteroatoms. The highest BCUT2D eigenvalue weighted by Gasteiger charge is 2.51. The van der Waals surface area contributed by atoms with E-state index in [1.165, 1.54) is 0 Å². The second-order valence-electron chi connectivity index (χ2n) is 6.82. The zero-order valence-electron chi connectivity index (χ0n) is 13.3. The molecule has 25 heavy (non-hydrogen) atoms. The fourth-order valence-electron chi connectivity index (χ4n) is 4.21. The largest absolute Gasteiger partial charge is 0.477 e. The van der Waals surface area contributed by atoms with E-state index < -0.39 is 11.4 Å². The van der Waals surface area contributed by atoms with Crippen molar-refractivity contribution in [1.29, 1.82) is 0 Å². The minimum absolute atomic E-state index is 0.00678. The van der Waals surface area contributed by atoms with Gasteiger partial charge in [0.05, 0.1) is 5.41 Å². The molecule has 0 radical (unpaired) electrons. The average Bonchev–Trinajstić information content (AvgIpc) is 3.10. The van der Waals surface area contributed by atoms with E-state index in [2.05, 4.69) is 21.7 Å². The zero-order valence-corrected chi connectivity index (χ0v) is 13.3. The summed E-state index contributed by atoms with van der Waals surface area (Å²) in [5.41, 5.74) is 4.68. The van der Waals surface area contributed by atoms with Crippen LogP contribution < -0.4 is 10.6 Å². The van der Waals surface area contributed by atoms with Gasteiger partial charge in [0.25, 0.3) is 0 Å². The standard InChI is InChI=1S/C19H15N3O3/c23-17(24)14-4-3-10-6-11-8-19(9-12(11)7-15(10)21-14)13-2-1-5-20-16(13)22-18(19)25/h1-2,4-7,21H,3,8-9H2,(H,23,24)(H,20,22,25)/t19-/m0/s1. The number of amides is 1. The number of hydrogen-bond acceptors (Lipinski definition) is 4. The lowest BCUT2D eigenvalue weighted by Crippen LogP contribution is -2.35. The smallest absolute Gasteiger partial charge is 0.351 e. The second kappa shape index (κ2) is 4.69. The zero-order chi connectivity index (χ0) is 17.2. The highest BCUT2D eigenvalue weighted by atomic mass is 16.4. The normalized spacial score (nSPS) is 22.6. The van der Waals surface area contributed by atoms with E-state index in [0.717, 1.165) is 27.9 Å². The lowest BCUT2D eigenvalue weighted by Gasteiger charge is -2.20. The third-order valence-corrected chi connectivity index (χ3v) is 5.43. The van der Waals surface area contributed by atoms with E-state index in [1.54, 1.807) is 12.3 Å². The first-order chi connectivity index (χ1) is 12.1. The van der Waals surface area contributed by atoms with Gasteiger partial charge >= 0.3 is 5.97 Å². The molecule has 1 aromatic carbocycles. The predicted molar refractivity (Wildman–Crippen MR) is 91.4 cm³/mol. The van der Waals surface area contributed by atoms with Gasteiger partial charge in [-0.1, -0.05) is 12.1 Å². The SMILES string of the molecule is O=C(O)C1=CCc2cc3c(cc2N1)C[C@]1(C3)C(=O)Nc2ncccc21. The first-order valence-electron chi connectivity index (χ1n) is 8.19. The third-order valence-electron chi connectivity index (χ3n) is 5.43. The predicted octanol–water partition coefficient (Wildman–Crippen LogP) is 2.01. The van der Waals surface area contributed by atoms with Crippen LogP contribution in [0, 0.1) is 0 Å². The van der Waals surface area contributed by atoms with Crippen molar-refractivity contribution < 1.29 is 14.7 Å². The Bertz CT molecular complexity index is 995. The molecule has 124 valence electrons. The van der Waals surface area contributed by atoms with Crippen molar-refractivity contribution in [1.82, 2.24) is 4.98 Å². The Hall–Kier alpha value is -3.15. The number of nitrogens with one attached hydrogen (secondary N) is 2. The molecule has 1 atom stereocenters. The molecule has 2 aliphatic heterocycles. The maximum Gasteiger partial charge on any atom is 0.351 e. The number of anilines is 2. The van der Waals surface area contributed by atoms with Crippen LogP contribution in [0.3, 0.4) is 0 Å². The number of carbonyl (C=O) groups is 2. The number of nitrogens with zero attached hydrogens (tertiary/aromatic N) is 1. The number of carbonyl (C=O) groups excluding carboxylic acids is 1. The summed E-state index contributed by atoms with van der Waals surface area (Å²) in [6.07, 6.45) is 5.20. The lowest BCUT2D eigenvalue weighted by atomic mass is 9.79. The Balaban J connectivity index is 1.56. The maximum atomic E-state index is 12.7. The monoisotopic (exact) mass is 333 g/mol. The van der Waals surface area contributed by atoms with Gasteiger partial charge < -0.3 is 15.7 Å². The number of aliphatic carboxylic acids is 1. The molecule has 0 fully saturated rings. The molecule has 0 bridgehead atoms. The van der Waals surface area contributed by atoms with E-state index in [-0.39, 0.29) is 11.6 Å². The van der Waals surface area contributed by atoms with Gasteiger partial charge in [-0.05, 0) is 54.2 Å². The molecule has 0 unspecified atom stereocenters. The van der Waals surface area contributed by atoms with E-state index in [0.29, 0.717) is 25.1 Å². The second-order valence-corrected chi connectivity index (χ2v) is 6.82. The Morgan fingerprint density at radius 3 is 2.76 bits per heavy atom. The number of hydrogen-bond donors (Lipinski definition) is 3. The number of fused-ring (bicyclic) bond motifs is 4. The summed E-state index contributed by atoms with van der Waals surface area (Å²) in [4.78, 5) is 28.2. The topological polar surface area (TPSA) is 91.3 Å². The van der Waals surface area contributed by atoms with Crippen molar-refractivity contribution in [2.24, 2.45) is 0 Å².